The summed E-state index contributed by atoms with van der Waals surface area (Å²) in [5.41, 5.74) is 0.717. The normalized spacial score (nSPS) is 19.6. The number of rotatable bonds is 1. The van der Waals surface area contributed by atoms with Crippen LogP contribution in [0.25, 0.3) is 0 Å². The highest BCUT2D eigenvalue weighted by Gasteiger charge is 2.37. The van der Waals surface area contributed by atoms with Crippen LogP contribution in [0.2, 0.25) is 0 Å². The number of H-pyrrole nitrogens is 1. The number of aromatic amines is 1. The molecule has 0 atom stereocenters. The van der Waals surface area contributed by atoms with Crippen molar-refractivity contribution in [1.82, 2.24) is 15.2 Å². The van der Waals surface area contributed by atoms with Gasteiger partial charge in [0.2, 0.25) is 5.56 Å². The number of likely N-dealkylation sites (tertiary alicyclic amines) is 1. The number of nitrogens with zero attached hydrogens (tertiary/aromatic N) is 1. The average Bonchev–Trinajstić information content (AvgIpc) is 2.84. The molecule has 1 fully saturated rings. The Morgan fingerprint density at radius 2 is 1.79 bits per heavy atom. The fraction of sp³-hybridized carbons (Fsp3) is 0.480. The summed E-state index contributed by atoms with van der Waals surface area (Å²) in [5, 5.41) is 2.89. The van der Waals surface area contributed by atoms with Crippen LogP contribution in [-0.2, 0) is 4.74 Å². The van der Waals surface area contributed by atoms with Crippen molar-refractivity contribution in [3.05, 3.63) is 64.1 Å². The molecule has 2 amide bonds. The molecule has 1 aromatic carbocycles. The molecular weight excluding hydrogens is 422 g/mol. The van der Waals surface area contributed by atoms with E-state index in [1.807, 2.05) is 23.1 Å². The van der Waals surface area contributed by atoms with Crippen molar-refractivity contribution in [3.8, 4) is 5.75 Å². The number of pyridine rings is 1. The number of ether oxygens (including phenoxy) is 2. The first-order valence-corrected chi connectivity index (χ1v) is 11.6. The Hall–Kier alpha value is -3.13. The van der Waals surface area contributed by atoms with Gasteiger partial charge in [-0.2, -0.15) is 0 Å². The predicted molar refractivity (Wildman–Crippen MR) is 124 cm³/mol. The molecule has 8 heteroatoms. The number of para-hydroxylation sites is 1. The molecule has 2 aliphatic rings. The van der Waals surface area contributed by atoms with Gasteiger partial charge in [-0.05, 0) is 43.9 Å². The standard InChI is InChI=1S/C25H31N3O5/c29-22-8-7-19(17-27-22)24(31)28-13-10-25(11-14-28)9-3-4-15-32-16-12-26-23(30)20-5-1-2-6-21(20)33-18-25/h1-2,5-8,17H,3-4,9-16,18H2,(H,26,30)(H,27,29). The Morgan fingerprint density at radius 3 is 2.58 bits per heavy atom. The van der Waals surface area contributed by atoms with E-state index >= 15 is 0 Å². The zero-order chi connectivity index (χ0) is 23.1. The second kappa shape index (κ2) is 10.7. The molecule has 33 heavy (non-hydrogen) atoms. The molecule has 1 saturated heterocycles. The Kier molecular flexibility index (Phi) is 7.44. The number of hydrogen-bond acceptors (Lipinski definition) is 5. The maximum atomic E-state index is 12.9. The molecule has 0 aliphatic carbocycles. The Labute approximate surface area is 193 Å². The van der Waals surface area contributed by atoms with Crippen LogP contribution in [0.15, 0.2) is 47.4 Å². The van der Waals surface area contributed by atoms with Crippen molar-refractivity contribution in [3.63, 3.8) is 0 Å². The summed E-state index contributed by atoms with van der Waals surface area (Å²) < 4.78 is 11.9. The quantitative estimate of drug-likeness (QED) is 0.691. The van der Waals surface area contributed by atoms with Gasteiger partial charge in [0.25, 0.3) is 11.8 Å². The Balaban J connectivity index is 1.47. The summed E-state index contributed by atoms with van der Waals surface area (Å²) in [5.74, 6) is 0.346. The minimum atomic E-state index is -0.223. The maximum absolute atomic E-state index is 12.9. The summed E-state index contributed by atoms with van der Waals surface area (Å²) >= 11 is 0. The summed E-state index contributed by atoms with van der Waals surface area (Å²) in [7, 11) is 0. The molecule has 0 radical (unpaired) electrons. The number of carbonyl (C=O) groups is 2. The second-order valence-corrected chi connectivity index (χ2v) is 8.84. The van der Waals surface area contributed by atoms with Gasteiger partial charge in [-0.25, -0.2) is 0 Å². The fourth-order valence-corrected chi connectivity index (χ4v) is 4.53. The van der Waals surface area contributed by atoms with E-state index in [0.29, 0.717) is 56.3 Å². The highest BCUT2D eigenvalue weighted by Crippen LogP contribution is 2.38. The smallest absolute Gasteiger partial charge is 0.255 e. The molecule has 0 bridgehead atoms. The number of nitrogens with one attached hydrogen (secondary N) is 2. The van der Waals surface area contributed by atoms with Crippen LogP contribution in [0.3, 0.4) is 0 Å². The molecule has 1 spiro atoms. The first kappa shape index (κ1) is 23.0. The summed E-state index contributed by atoms with van der Waals surface area (Å²) in [6.45, 7) is 3.37. The van der Waals surface area contributed by atoms with E-state index in [0.717, 1.165) is 32.1 Å². The van der Waals surface area contributed by atoms with Crippen molar-refractivity contribution in [2.45, 2.75) is 32.1 Å². The van der Waals surface area contributed by atoms with Crippen molar-refractivity contribution < 1.29 is 19.1 Å². The van der Waals surface area contributed by atoms with Gasteiger partial charge in [-0.3, -0.25) is 14.4 Å². The zero-order valence-electron chi connectivity index (χ0n) is 18.8. The lowest BCUT2D eigenvalue weighted by molar-refractivity contribution is 0.0340. The van der Waals surface area contributed by atoms with E-state index in [2.05, 4.69) is 10.3 Å². The molecule has 0 unspecified atom stereocenters. The van der Waals surface area contributed by atoms with Crippen LogP contribution in [-0.4, -0.2) is 61.2 Å². The lowest BCUT2D eigenvalue weighted by Crippen LogP contribution is -2.45. The van der Waals surface area contributed by atoms with Gasteiger partial charge in [0.1, 0.15) is 5.75 Å². The summed E-state index contributed by atoms with van der Waals surface area (Å²) in [6.07, 6.45) is 6.05. The molecular formula is C25H31N3O5. The number of fused-ring (bicyclic) bond motifs is 1. The number of carbonyl (C=O) groups excluding carboxylic acids is 2. The van der Waals surface area contributed by atoms with Gasteiger partial charge >= 0.3 is 0 Å². The molecule has 1 aromatic heterocycles. The largest absolute Gasteiger partial charge is 0.492 e. The van der Waals surface area contributed by atoms with Crippen molar-refractivity contribution >= 4 is 11.8 Å². The molecule has 0 saturated carbocycles. The van der Waals surface area contributed by atoms with E-state index in [1.165, 1.54) is 12.3 Å². The molecule has 2 aliphatic heterocycles. The third kappa shape index (κ3) is 5.82. The SMILES string of the molecule is O=C1NCCOCCCCC2(CCN(C(=O)c3ccc(=O)[nH]c3)CC2)COc2ccccc21. The number of hydrogen-bond donors (Lipinski definition) is 2. The van der Waals surface area contributed by atoms with Crippen LogP contribution < -0.4 is 15.6 Å². The van der Waals surface area contributed by atoms with E-state index in [4.69, 9.17) is 9.47 Å². The van der Waals surface area contributed by atoms with Crippen molar-refractivity contribution in [2.75, 3.05) is 39.5 Å². The highest BCUT2D eigenvalue weighted by molar-refractivity contribution is 5.97. The summed E-state index contributed by atoms with van der Waals surface area (Å²) in [6, 6.07) is 10.3. The fourth-order valence-electron chi connectivity index (χ4n) is 4.53. The number of benzene rings is 1. The van der Waals surface area contributed by atoms with Crippen LogP contribution >= 0.6 is 0 Å². The summed E-state index contributed by atoms with van der Waals surface area (Å²) in [4.78, 5) is 41.2. The van der Waals surface area contributed by atoms with Crippen LogP contribution in [0.5, 0.6) is 5.75 Å². The van der Waals surface area contributed by atoms with Gasteiger partial charge in [0.15, 0.2) is 0 Å². The Bertz CT molecular complexity index is 1010. The molecule has 4 rings (SSSR count). The molecule has 2 N–H and O–H groups in total. The van der Waals surface area contributed by atoms with Crippen LogP contribution in [0.4, 0.5) is 0 Å². The molecule has 3 heterocycles. The monoisotopic (exact) mass is 453 g/mol. The van der Waals surface area contributed by atoms with Gasteiger partial charge < -0.3 is 24.7 Å². The van der Waals surface area contributed by atoms with Crippen molar-refractivity contribution in [1.29, 1.82) is 0 Å². The average molecular weight is 454 g/mol. The first-order chi connectivity index (χ1) is 16.1. The molecule has 176 valence electrons. The van der Waals surface area contributed by atoms with Gasteiger partial charge in [-0.1, -0.05) is 18.6 Å². The van der Waals surface area contributed by atoms with E-state index in [-0.39, 0.29) is 22.8 Å². The van der Waals surface area contributed by atoms with E-state index in [9.17, 15) is 14.4 Å². The second-order valence-electron chi connectivity index (χ2n) is 8.84. The molecule has 2 aromatic rings. The predicted octanol–water partition coefficient (Wildman–Crippen LogP) is 2.61. The third-order valence-corrected chi connectivity index (χ3v) is 6.59. The van der Waals surface area contributed by atoms with Crippen LogP contribution in [0, 0.1) is 5.41 Å². The van der Waals surface area contributed by atoms with E-state index < -0.39 is 0 Å². The minimum absolute atomic E-state index is 0.0710. The lowest BCUT2D eigenvalue weighted by Gasteiger charge is -2.42. The Morgan fingerprint density at radius 1 is 0.970 bits per heavy atom. The number of amides is 2. The third-order valence-electron chi connectivity index (χ3n) is 6.59. The highest BCUT2D eigenvalue weighted by atomic mass is 16.5. The first-order valence-electron chi connectivity index (χ1n) is 11.6. The number of aromatic nitrogens is 1. The number of piperidine rings is 1. The van der Waals surface area contributed by atoms with Crippen LogP contribution in [0.1, 0.15) is 52.8 Å². The van der Waals surface area contributed by atoms with Crippen molar-refractivity contribution in [2.24, 2.45) is 5.41 Å². The van der Waals surface area contributed by atoms with Gasteiger partial charge in [0.05, 0.1) is 24.3 Å². The molecule has 8 nitrogen and oxygen atoms in total. The lowest BCUT2D eigenvalue weighted by atomic mass is 9.75. The van der Waals surface area contributed by atoms with Gasteiger partial charge in [0, 0.05) is 43.9 Å². The minimum Gasteiger partial charge on any atom is -0.492 e. The van der Waals surface area contributed by atoms with E-state index in [1.54, 1.807) is 12.1 Å². The zero-order valence-corrected chi connectivity index (χ0v) is 18.8. The topological polar surface area (TPSA) is 101 Å². The van der Waals surface area contributed by atoms with Gasteiger partial charge in [-0.15, -0.1) is 0 Å². The maximum Gasteiger partial charge on any atom is 0.255 e.